The van der Waals surface area contributed by atoms with E-state index in [0.29, 0.717) is 16.9 Å². The van der Waals surface area contributed by atoms with Crippen molar-refractivity contribution in [3.63, 3.8) is 0 Å². The van der Waals surface area contributed by atoms with Gasteiger partial charge >= 0.3 is 0 Å². The molecule has 1 aliphatic rings. The molecule has 0 bridgehead atoms. The van der Waals surface area contributed by atoms with Crippen LogP contribution in [0.3, 0.4) is 0 Å². The molecule has 0 amide bonds. The number of hydrogen-bond acceptors (Lipinski definition) is 4. The van der Waals surface area contributed by atoms with E-state index in [1.807, 2.05) is 34.6 Å². The smallest absolute Gasteiger partial charge is 0.241 e. The van der Waals surface area contributed by atoms with Crippen molar-refractivity contribution in [3.8, 4) is 5.75 Å². The summed E-state index contributed by atoms with van der Waals surface area (Å²) in [6.45, 7) is 17.3. The largest absolute Gasteiger partial charge is 0.487 e. The van der Waals surface area contributed by atoms with Crippen LogP contribution in [-0.2, 0) is 16.4 Å². The predicted molar refractivity (Wildman–Crippen MR) is 113 cm³/mol. The summed E-state index contributed by atoms with van der Waals surface area (Å²) in [6.07, 6.45) is 2.57. The van der Waals surface area contributed by atoms with Gasteiger partial charge in [-0.2, -0.15) is 0 Å². The normalized spacial score (nSPS) is 18.3. The van der Waals surface area contributed by atoms with E-state index in [1.165, 1.54) is 6.08 Å². The molecule has 0 aliphatic carbocycles. The standard InChI is InChI=1S/C22H35NO4S/c1-9-19(24)18(12-13(2)3)23-28(25,26)21-15(5)14(4)20-17(16(21)6)10-11-22(7,8)27-20/h9,13,18-19,23-24H,1,10-12H2,2-8H3/t18-,19-/m0/s1. The Hall–Kier alpha value is -1.37. The van der Waals surface area contributed by atoms with Crippen LogP contribution in [0.1, 0.15) is 62.8 Å². The Kier molecular flexibility index (Phi) is 6.68. The average Bonchev–Trinajstić information content (AvgIpc) is 2.56. The lowest BCUT2D eigenvalue weighted by molar-refractivity contribution is 0.0832. The first-order valence-corrected chi connectivity index (χ1v) is 11.4. The highest BCUT2D eigenvalue weighted by Gasteiger charge is 2.34. The number of fused-ring (bicyclic) bond motifs is 1. The highest BCUT2D eigenvalue weighted by molar-refractivity contribution is 7.89. The fourth-order valence-corrected chi connectivity index (χ4v) is 5.77. The summed E-state index contributed by atoms with van der Waals surface area (Å²) in [5, 5.41) is 10.3. The van der Waals surface area contributed by atoms with E-state index in [1.54, 1.807) is 0 Å². The Morgan fingerprint density at radius 2 is 1.82 bits per heavy atom. The van der Waals surface area contributed by atoms with E-state index in [4.69, 9.17) is 4.74 Å². The van der Waals surface area contributed by atoms with E-state index in [2.05, 4.69) is 25.1 Å². The molecule has 1 aromatic carbocycles. The number of benzene rings is 1. The van der Waals surface area contributed by atoms with Crippen LogP contribution in [-0.4, -0.2) is 31.3 Å². The second kappa shape index (κ2) is 8.17. The number of aliphatic hydroxyl groups excluding tert-OH is 1. The Bertz CT molecular complexity index is 856. The van der Waals surface area contributed by atoms with Gasteiger partial charge in [0, 0.05) is 0 Å². The van der Waals surface area contributed by atoms with Crippen LogP contribution in [0.15, 0.2) is 17.6 Å². The fraction of sp³-hybridized carbons (Fsp3) is 0.636. The van der Waals surface area contributed by atoms with Gasteiger partial charge in [-0.3, -0.25) is 0 Å². The fourth-order valence-electron chi connectivity index (χ4n) is 3.94. The molecule has 1 heterocycles. The molecule has 2 rings (SSSR count). The van der Waals surface area contributed by atoms with Crippen molar-refractivity contribution in [2.75, 3.05) is 0 Å². The summed E-state index contributed by atoms with van der Waals surface area (Å²) in [4.78, 5) is 0.303. The quantitative estimate of drug-likeness (QED) is 0.669. The van der Waals surface area contributed by atoms with Gasteiger partial charge in [-0.25, -0.2) is 13.1 Å². The summed E-state index contributed by atoms with van der Waals surface area (Å²) in [5.74, 6) is 1.04. The molecule has 1 aromatic rings. The summed E-state index contributed by atoms with van der Waals surface area (Å²) in [6, 6.07) is -0.618. The van der Waals surface area contributed by atoms with Crippen molar-refractivity contribution in [2.24, 2.45) is 5.92 Å². The van der Waals surface area contributed by atoms with Crippen LogP contribution >= 0.6 is 0 Å². The number of sulfonamides is 1. The average molecular weight is 410 g/mol. The summed E-state index contributed by atoms with van der Waals surface area (Å²) < 4.78 is 35.6. The second-order valence-electron chi connectivity index (χ2n) is 8.96. The molecule has 0 unspecified atom stereocenters. The van der Waals surface area contributed by atoms with Crippen LogP contribution in [0, 0.1) is 26.7 Å². The van der Waals surface area contributed by atoms with Crippen LogP contribution < -0.4 is 9.46 Å². The third-order valence-electron chi connectivity index (χ3n) is 5.62. The van der Waals surface area contributed by atoms with Gasteiger partial charge in [0.1, 0.15) is 11.4 Å². The van der Waals surface area contributed by atoms with Gasteiger partial charge in [-0.15, -0.1) is 6.58 Å². The first-order valence-electron chi connectivity index (χ1n) is 9.95. The van der Waals surface area contributed by atoms with Crippen molar-refractivity contribution < 1.29 is 18.3 Å². The maximum Gasteiger partial charge on any atom is 0.241 e. The minimum atomic E-state index is -3.82. The van der Waals surface area contributed by atoms with Crippen LogP contribution in [0.25, 0.3) is 0 Å². The molecule has 1 aliphatic heterocycles. The van der Waals surface area contributed by atoms with Crippen molar-refractivity contribution in [1.29, 1.82) is 0 Å². The Balaban J connectivity index is 2.54. The lowest BCUT2D eigenvalue weighted by Crippen LogP contribution is -2.44. The number of rotatable bonds is 7. The molecule has 0 saturated heterocycles. The first kappa shape index (κ1) is 22.9. The third kappa shape index (κ3) is 4.61. The maximum atomic E-state index is 13.4. The molecule has 0 saturated carbocycles. The Labute approximate surface area is 170 Å². The van der Waals surface area contributed by atoms with E-state index < -0.39 is 22.2 Å². The molecule has 2 atom stereocenters. The molecule has 0 aromatic heterocycles. The second-order valence-corrected chi connectivity index (χ2v) is 10.6. The minimum Gasteiger partial charge on any atom is -0.487 e. The lowest BCUT2D eigenvalue weighted by atomic mass is 9.88. The van der Waals surface area contributed by atoms with Gasteiger partial charge in [-0.05, 0) is 82.1 Å². The van der Waals surface area contributed by atoms with Crippen LogP contribution in [0.2, 0.25) is 0 Å². The third-order valence-corrected chi connectivity index (χ3v) is 7.38. The molecular weight excluding hydrogens is 374 g/mol. The predicted octanol–water partition coefficient (Wildman–Crippen LogP) is 3.96. The van der Waals surface area contributed by atoms with Crippen molar-refractivity contribution in [2.45, 2.75) is 90.4 Å². The Morgan fingerprint density at radius 3 is 2.36 bits per heavy atom. The summed E-state index contributed by atoms with van der Waals surface area (Å²) in [5.41, 5.74) is 2.99. The van der Waals surface area contributed by atoms with Gasteiger partial charge in [0.05, 0.1) is 17.0 Å². The van der Waals surface area contributed by atoms with Crippen molar-refractivity contribution in [3.05, 3.63) is 34.9 Å². The van der Waals surface area contributed by atoms with Gasteiger partial charge in [0.25, 0.3) is 0 Å². The van der Waals surface area contributed by atoms with E-state index >= 15 is 0 Å². The molecule has 6 heteroatoms. The number of aliphatic hydroxyl groups is 1. The number of nitrogens with one attached hydrogen (secondary N) is 1. The SMILES string of the molecule is C=C[C@H](O)[C@H](CC(C)C)NS(=O)(=O)c1c(C)c(C)c2c(c1C)CCC(C)(C)O2. The Morgan fingerprint density at radius 1 is 1.21 bits per heavy atom. The number of hydrogen-bond donors (Lipinski definition) is 2. The zero-order chi connectivity index (χ0) is 21.4. The highest BCUT2D eigenvalue weighted by atomic mass is 32.2. The van der Waals surface area contributed by atoms with Gasteiger partial charge in [0.2, 0.25) is 10.0 Å². The van der Waals surface area contributed by atoms with E-state index in [0.717, 1.165) is 35.3 Å². The van der Waals surface area contributed by atoms with E-state index in [9.17, 15) is 13.5 Å². The zero-order valence-electron chi connectivity index (χ0n) is 18.2. The molecule has 158 valence electrons. The molecule has 28 heavy (non-hydrogen) atoms. The van der Waals surface area contributed by atoms with Gasteiger partial charge in [-0.1, -0.05) is 19.9 Å². The van der Waals surface area contributed by atoms with Crippen molar-refractivity contribution in [1.82, 2.24) is 4.72 Å². The molecule has 0 radical (unpaired) electrons. The maximum absolute atomic E-state index is 13.4. The molecule has 0 fully saturated rings. The lowest BCUT2D eigenvalue weighted by Gasteiger charge is -2.36. The monoisotopic (exact) mass is 409 g/mol. The van der Waals surface area contributed by atoms with Gasteiger partial charge in [0.15, 0.2) is 0 Å². The number of ether oxygens (including phenoxy) is 1. The van der Waals surface area contributed by atoms with Crippen LogP contribution in [0.5, 0.6) is 5.75 Å². The molecule has 2 N–H and O–H groups in total. The molecular formula is C22H35NO4S. The van der Waals surface area contributed by atoms with E-state index in [-0.39, 0.29) is 11.5 Å². The minimum absolute atomic E-state index is 0.227. The summed E-state index contributed by atoms with van der Waals surface area (Å²) >= 11 is 0. The molecule has 0 spiro atoms. The highest BCUT2D eigenvalue weighted by Crippen LogP contribution is 2.42. The summed E-state index contributed by atoms with van der Waals surface area (Å²) in [7, 11) is -3.82. The first-order chi connectivity index (χ1) is 12.8. The zero-order valence-corrected chi connectivity index (χ0v) is 19.0. The topological polar surface area (TPSA) is 75.6 Å². The van der Waals surface area contributed by atoms with Crippen molar-refractivity contribution >= 4 is 10.0 Å². The molecule has 5 nitrogen and oxygen atoms in total. The van der Waals surface area contributed by atoms with Crippen LogP contribution in [0.4, 0.5) is 0 Å². The van der Waals surface area contributed by atoms with Gasteiger partial charge < -0.3 is 9.84 Å².